The van der Waals surface area contributed by atoms with E-state index in [1.54, 1.807) is 30.3 Å². The van der Waals surface area contributed by atoms with Gasteiger partial charge >= 0.3 is 0 Å². The Morgan fingerprint density at radius 2 is 1.59 bits per heavy atom. The van der Waals surface area contributed by atoms with Crippen molar-refractivity contribution in [3.63, 3.8) is 0 Å². The van der Waals surface area contributed by atoms with E-state index < -0.39 is 9.84 Å². The summed E-state index contributed by atoms with van der Waals surface area (Å²) in [5.74, 6) is -0.00915. The smallest absolute Gasteiger partial charge is 0.241 e. The molecule has 1 amide bonds. The van der Waals surface area contributed by atoms with E-state index >= 15 is 0 Å². The van der Waals surface area contributed by atoms with Crippen LogP contribution < -0.4 is 5.32 Å². The van der Waals surface area contributed by atoms with Crippen molar-refractivity contribution < 1.29 is 13.2 Å². The van der Waals surface area contributed by atoms with E-state index in [2.05, 4.69) is 12.2 Å². The molecule has 0 aliphatic heterocycles. The Morgan fingerprint density at radius 1 is 1.00 bits per heavy atom. The average molecular weight is 389 g/mol. The SMILES string of the molecule is CCCN(CCCS(=O)(=O)c1ccccc1)C(C)C(=O)Nc1ccccc1. The highest BCUT2D eigenvalue weighted by molar-refractivity contribution is 7.91. The number of sulfone groups is 1. The molecule has 1 N–H and O–H groups in total. The lowest BCUT2D eigenvalue weighted by Gasteiger charge is -2.27. The molecule has 0 heterocycles. The summed E-state index contributed by atoms with van der Waals surface area (Å²) >= 11 is 0. The standard InChI is InChI=1S/C21H28N2O3S/c1-3-15-23(18(2)21(24)22-19-11-6-4-7-12-19)16-10-17-27(25,26)20-13-8-5-9-14-20/h4-9,11-14,18H,3,10,15-17H2,1-2H3,(H,22,24). The average Bonchev–Trinajstić information content (AvgIpc) is 2.68. The van der Waals surface area contributed by atoms with Gasteiger partial charge in [0.15, 0.2) is 9.84 Å². The topological polar surface area (TPSA) is 66.5 Å². The Hall–Kier alpha value is -2.18. The molecular weight excluding hydrogens is 360 g/mol. The first-order valence-electron chi connectivity index (χ1n) is 9.32. The van der Waals surface area contributed by atoms with Crippen LogP contribution in [0.1, 0.15) is 26.7 Å². The molecule has 1 atom stereocenters. The number of rotatable bonds is 10. The van der Waals surface area contributed by atoms with E-state index in [-0.39, 0.29) is 17.7 Å². The summed E-state index contributed by atoms with van der Waals surface area (Å²) in [7, 11) is -3.29. The van der Waals surface area contributed by atoms with E-state index in [9.17, 15) is 13.2 Å². The number of carbonyl (C=O) groups excluding carboxylic acids is 1. The molecule has 0 aliphatic rings. The molecule has 27 heavy (non-hydrogen) atoms. The summed E-state index contributed by atoms with van der Waals surface area (Å²) in [6.45, 7) is 5.22. The van der Waals surface area contributed by atoms with E-state index in [0.717, 1.165) is 18.7 Å². The lowest BCUT2D eigenvalue weighted by Crippen LogP contribution is -2.43. The van der Waals surface area contributed by atoms with Gasteiger partial charge in [-0.2, -0.15) is 0 Å². The van der Waals surface area contributed by atoms with Crippen LogP contribution in [0, 0.1) is 0 Å². The monoisotopic (exact) mass is 388 g/mol. The Labute approximate surface area is 162 Å². The molecule has 0 saturated heterocycles. The predicted molar refractivity (Wildman–Crippen MR) is 110 cm³/mol. The van der Waals surface area contributed by atoms with Crippen molar-refractivity contribution in [1.29, 1.82) is 0 Å². The zero-order chi connectivity index (χ0) is 19.7. The van der Waals surface area contributed by atoms with Crippen molar-refractivity contribution in [2.45, 2.75) is 37.6 Å². The fraction of sp³-hybridized carbons (Fsp3) is 0.381. The number of hydrogen-bond donors (Lipinski definition) is 1. The lowest BCUT2D eigenvalue weighted by atomic mass is 10.2. The highest BCUT2D eigenvalue weighted by atomic mass is 32.2. The predicted octanol–water partition coefficient (Wildman–Crippen LogP) is 3.59. The minimum atomic E-state index is -3.29. The summed E-state index contributed by atoms with van der Waals surface area (Å²) in [4.78, 5) is 14.9. The van der Waals surface area contributed by atoms with Gasteiger partial charge in [-0.15, -0.1) is 0 Å². The molecule has 5 nitrogen and oxygen atoms in total. The van der Waals surface area contributed by atoms with E-state index in [1.807, 2.05) is 42.2 Å². The minimum absolute atomic E-state index is 0.0737. The third-order valence-corrected chi connectivity index (χ3v) is 6.26. The number of para-hydroxylation sites is 1. The summed E-state index contributed by atoms with van der Waals surface area (Å²) in [6, 6.07) is 17.5. The van der Waals surface area contributed by atoms with Gasteiger partial charge in [-0.1, -0.05) is 43.3 Å². The fourth-order valence-corrected chi connectivity index (χ4v) is 4.24. The van der Waals surface area contributed by atoms with Crippen molar-refractivity contribution in [3.8, 4) is 0 Å². The molecular formula is C21H28N2O3S. The van der Waals surface area contributed by atoms with Crippen molar-refractivity contribution in [3.05, 3.63) is 60.7 Å². The summed E-state index contributed by atoms with van der Waals surface area (Å²) in [5, 5.41) is 2.91. The molecule has 0 radical (unpaired) electrons. The maximum absolute atomic E-state index is 12.5. The minimum Gasteiger partial charge on any atom is -0.325 e. The quantitative estimate of drug-likeness (QED) is 0.675. The second-order valence-corrected chi connectivity index (χ2v) is 8.66. The molecule has 1 unspecified atom stereocenters. The van der Waals surface area contributed by atoms with Gasteiger partial charge in [0.2, 0.25) is 5.91 Å². The highest BCUT2D eigenvalue weighted by Gasteiger charge is 2.22. The maximum atomic E-state index is 12.5. The molecule has 2 rings (SSSR count). The van der Waals surface area contributed by atoms with E-state index in [1.165, 1.54) is 0 Å². The number of hydrogen-bond acceptors (Lipinski definition) is 4. The van der Waals surface area contributed by atoms with Crippen LogP contribution in [0.15, 0.2) is 65.6 Å². The molecule has 0 bridgehead atoms. The molecule has 0 aliphatic carbocycles. The largest absolute Gasteiger partial charge is 0.325 e. The van der Waals surface area contributed by atoms with Crippen LogP contribution in [-0.2, 0) is 14.6 Å². The zero-order valence-electron chi connectivity index (χ0n) is 16.0. The third-order valence-electron chi connectivity index (χ3n) is 4.44. The van der Waals surface area contributed by atoms with Gasteiger partial charge in [0.05, 0.1) is 16.7 Å². The number of carbonyl (C=O) groups is 1. The van der Waals surface area contributed by atoms with Gasteiger partial charge in [0.25, 0.3) is 0 Å². The number of nitrogens with one attached hydrogen (secondary N) is 1. The lowest BCUT2D eigenvalue weighted by molar-refractivity contribution is -0.120. The summed E-state index contributed by atoms with van der Waals surface area (Å²) in [5.41, 5.74) is 0.762. The van der Waals surface area contributed by atoms with Crippen LogP contribution in [0.5, 0.6) is 0 Å². The Bertz CT molecular complexity index is 808. The number of nitrogens with zero attached hydrogens (tertiary/aromatic N) is 1. The zero-order valence-corrected chi connectivity index (χ0v) is 16.8. The first kappa shape index (κ1) is 21.1. The van der Waals surface area contributed by atoms with Crippen molar-refractivity contribution in [2.75, 3.05) is 24.2 Å². The molecule has 0 aromatic heterocycles. The van der Waals surface area contributed by atoms with Gasteiger partial charge < -0.3 is 5.32 Å². The first-order valence-corrected chi connectivity index (χ1v) is 11.0. The number of anilines is 1. The molecule has 0 spiro atoms. The van der Waals surface area contributed by atoms with Crippen molar-refractivity contribution in [2.24, 2.45) is 0 Å². The van der Waals surface area contributed by atoms with Gasteiger partial charge in [-0.25, -0.2) is 8.42 Å². The Morgan fingerprint density at radius 3 is 2.19 bits per heavy atom. The van der Waals surface area contributed by atoms with Gasteiger partial charge in [0.1, 0.15) is 0 Å². The Kier molecular flexibility index (Phi) is 8.00. The summed E-state index contributed by atoms with van der Waals surface area (Å²) in [6.07, 6.45) is 1.38. The van der Waals surface area contributed by atoms with Crippen molar-refractivity contribution >= 4 is 21.4 Å². The fourth-order valence-electron chi connectivity index (χ4n) is 2.92. The van der Waals surface area contributed by atoms with Crippen LogP contribution in [-0.4, -0.2) is 44.1 Å². The van der Waals surface area contributed by atoms with E-state index in [4.69, 9.17) is 0 Å². The molecule has 6 heteroatoms. The maximum Gasteiger partial charge on any atom is 0.241 e. The molecule has 2 aromatic carbocycles. The van der Waals surface area contributed by atoms with Crippen LogP contribution in [0.2, 0.25) is 0 Å². The van der Waals surface area contributed by atoms with Gasteiger partial charge in [-0.3, -0.25) is 9.69 Å². The molecule has 2 aromatic rings. The molecule has 146 valence electrons. The number of benzene rings is 2. The van der Waals surface area contributed by atoms with Gasteiger partial charge in [-0.05, 0) is 57.1 Å². The van der Waals surface area contributed by atoms with Crippen LogP contribution >= 0.6 is 0 Å². The third kappa shape index (κ3) is 6.48. The molecule has 0 saturated carbocycles. The van der Waals surface area contributed by atoms with Gasteiger partial charge in [0, 0.05) is 5.69 Å². The highest BCUT2D eigenvalue weighted by Crippen LogP contribution is 2.13. The first-order chi connectivity index (χ1) is 12.9. The molecule has 0 fully saturated rings. The van der Waals surface area contributed by atoms with Crippen molar-refractivity contribution in [1.82, 2.24) is 4.90 Å². The second-order valence-electron chi connectivity index (χ2n) is 6.55. The van der Waals surface area contributed by atoms with Crippen LogP contribution in [0.25, 0.3) is 0 Å². The Balaban J connectivity index is 1.93. The number of amides is 1. The second kappa shape index (κ2) is 10.2. The van der Waals surface area contributed by atoms with Crippen LogP contribution in [0.3, 0.4) is 0 Å². The van der Waals surface area contributed by atoms with Crippen LogP contribution in [0.4, 0.5) is 5.69 Å². The van der Waals surface area contributed by atoms with E-state index in [0.29, 0.717) is 17.9 Å². The summed E-state index contributed by atoms with van der Waals surface area (Å²) < 4.78 is 24.8. The normalized spacial score (nSPS) is 12.7.